The zero-order chi connectivity index (χ0) is 18.3. The van der Waals surface area contributed by atoms with Crippen molar-refractivity contribution >= 4 is 6.21 Å². The Morgan fingerprint density at radius 1 is 0.960 bits per heavy atom. The van der Waals surface area contributed by atoms with Crippen LogP contribution >= 0.6 is 0 Å². The highest BCUT2D eigenvalue weighted by Crippen LogP contribution is 2.32. The number of nitrogens with zero attached hydrogens (tertiary/aromatic N) is 1. The van der Waals surface area contributed by atoms with Crippen LogP contribution in [0.15, 0.2) is 47.6 Å². The molecule has 0 unspecified atom stereocenters. The van der Waals surface area contributed by atoms with E-state index < -0.39 is 0 Å². The highest BCUT2D eigenvalue weighted by molar-refractivity contribution is 5.84. The molecule has 0 spiro atoms. The lowest BCUT2D eigenvalue weighted by atomic mass is 9.86. The standard InChI is InChI=1S/C20H25NO4/c1-20(2,3)16-9-5-6-10-17(16)24-12-13-25-19-15(14-21-22)8-7-11-18(19)23-4/h5-11,14,22H,12-13H2,1-4H3. The third kappa shape index (κ3) is 4.89. The number of rotatable bonds is 7. The van der Waals surface area contributed by atoms with Gasteiger partial charge in [0.2, 0.25) is 0 Å². The molecular weight excluding hydrogens is 318 g/mol. The van der Waals surface area contributed by atoms with Crippen LogP contribution in [0.1, 0.15) is 31.9 Å². The van der Waals surface area contributed by atoms with Crippen LogP contribution < -0.4 is 14.2 Å². The summed E-state index contributed by atoms with van der Waals surface area (Å²) in [4.78, 5) is 0. The first-order valence-corrected chi connectivity index (χ1v) is 8.17. The summed E-state index contributed by atoms with van der Waals surface area (Å²) in [6, 6.07) is 13.4. The average Bonchev–Trinajstić information content (AvgIpc) is 2.59. The van der Waals surface area contributed by atoms with E-state index in [1.165, 1.54) is 6.21 Å². The van der Waals surface area contributed by atoms with Gasteiger partial charge in [-0.2, -0.15) is 0 Å². The van der Waals surface area contributed by atoms with Gasteiger partial charge in [-0.15, -0.1) is 0 Å². The summed E-state index contributed by atoms with van der Waals surface area (Å²) in [5.74, 6) is 1.96. The number of hydrogen-bond acceptors (Lipinski definition) is 5. The van der Waals surface area contributed by atoms with Gasteiger partial charge in [-0.3, -0.25) is 0 Å². The van der Waals surface area contributed by atoms with Gasteiger partial charge in [-0.05, 0) is 29.2 Å². The van der Waals surface area contributed by atoms with Crippen molar-refractivity contribution in [2.75, 3.05) is 20.3 Å². The van der Waals surface area contributed by atoms with E-state index >= 15 is 0 Å². The van der Waals surface area contributed by atoms with Crippen molar-refractivity contribution < 1.29 is 19.4 Å². The summed E-state index contributed by atoms with van der Waals surface area (Å²) >= 11 is 0. The molecule has 0 heterocycles. The number of methoxy groups -OCH3 is 1. The summed E-state index contributed by atoms with van der Waals surface area (Å²) in [5, 5.41) is 11.8. The third-order valence-corrected chi connectivity index (χ3v) is 3.71. The first-order chi connectivity index (χ1) is 12.0. The lowest BCUT2D eigenvalue weighted by Crippen LogP contribution is -2.16. The fraction of sp³-hybridized carbons (Fsp3) is 0.350. The minimum absolute atomic E-state index is 0.00482. The van der Waals surface area contributed by atoms with E-state index in [-0.39, 0.29) is 5.41 Å². The van der Waals surface area contributed by atoms with Crippen molar-refractivity contribution in [2.24, 2.45) is 5.16 Å². The Labute approximate surface area is 148 Å². The smallest absolute Gasteiger partial charge is 0.170 e. The van der Waals surface area contributed by atoms with Gasteiger partial charge in [-0.1, -0.05) is 50.2 Å². The second-order valence-electron chi connectivity index (χ2n) is 6.57. The number of ether oxygens (including phenoxy) is 3. The van der Waals surface area contributed by atoms with E-state index in [1.807, 2.05) is 18.2 Å². The lowest BCUT2D eigenvalue weighted by Gasteiger charge is -2.22. The molecule has 0 radical (unpaired) electrons. The summed E-state index contributed by atoms with van der Waals surface area (Å²) < 4.78 is 17.0. The minimum Gasteiger partial charge on any atom is -0.493 e. The van der Waals surface area contributed by atoms with Crippen molar-refractivity contribution in [3.63, 3.8) is 0 Å². The zero-order valence-corrected chi connectivity index (χ0v) is 15.2. The number of hydrogen-bond donors (Lipinski definition) is 1. The lowest BCUT2D eigenvalue weighted by molar-refractivity contribution is 0.208. The molecule has 2 aromatic rings. The maximum atomic E-state index is 8.78. The van der Waals surface area contributed by atoms with Gasteiger partial charge < -0.3 is 19.4 Å². The van der Waals surface area contributed by atoms with Crippen LogP contribution in [0.25, 0.3) is 0 Å². The molecule has 2 aromatic carbocycles. The SMILES string of the molecule is COc1cccc(C=NO)c1OCCOc1ccccc1C(C)(C)C. The molecule has 0 saturated heterocycles. The van der Waals surface area contributed by atoms with Crippen molar-refractivity contribution in [2.45, 2.75) is 26.2 Å². The minimum atomic E-state index is 0.00482. The molecule has 5 heteroatoms. The Hall–Kier alpha value is -2.69. The number of para-hydroxylation sites is 2. The summed E-state index contributed by atoms with van der Waals surface area (Å²) in [6.07, 6.45) is 1.31. The highest BCUT2D eigenvalue weighted by atomic mass is 16.5. The van der Waals surface area contributed by atoms with Crippen molar-refractivity contribution in [1.82, 2.24) is 0 Å². The van der Waals surface area contributed by atoms with E-state index in [1.54, 1.807) is 25.3 Å². The van der Waals surface area contributed by atoms with Crippen LogP contribution in [0.4, 0.5) is 0 Å². The van der Waals surface area contributed by atoms with Crippen LogP contribution in [0.2, 0.25) is 0 Å². The molecule has 0 amide bonds. The largest absolute Gasteiger partial charge is 0.493 e. The predicted molar refractivity (Wildman–Crippen MR) is 98.5 cm³/mol. The van der Waals surface area contributed by atoms with Crippen LogP contribution in [-0.4, -0.2) is 31.7 Å². The molecule has 134 valence electrons. The van der Waals surface area contributed by atoms with Gasteiger partial charge >= 0.3 is 0 Å². The van der Waals surface area contributed by atoms with Gasteiger partial charge in [0.15, 0.2) is 11.5 Å². The first-order valence-electron chi connectivity index (χ1n) is 8.17. The molecule has 0 atom stereocenters. The number of oxime groups is 1. The molecule has 0 fully saturated rings. The Morgan fingerprint density at radius 2 is 1.64 bits per heavy atom. The molecule has 0 aliphatic rings. The van der Waals surface area contributed by atoms with Gasteiger partial charge in [0.05, 0.1) is 13.3 Å². The topological polar surface area (TPSA) is 60.3 Å². The van der Waals surface area contributed by atoms with Crippen molar-refractivity contribution in [3.8, 4) is 17.2 Å². The van der Waals surface area contributed by atoms with E-state index in [9.17, 15) is 0 Å². The summed E-state index contributed by atoms with van der Waals surface area (Å²) in [7, 11) is 1.57. The Balaban J connectivity index is 2.04. The van der Waals surface area contributed by atoms with Crippen molar-refractivity contribution in [3.05, 3.63) is 53.6 Å². The third-order valence-electron chi connectivity index (χ3n) is 3.71. The summed E-state index contributed by atoms with van der Waals surface area (Å²) in [5.41, 5.74) is 1.79. The maximum Gasteiger partial charge on any atom is 0.170 e. The normalized spacial score (nSPS) is 11.5. The predicted octanol–water partition coefficient (Wildman–Crippen LogP) is 4.26. The van der Waals surface area contributed by atoms with E-state index in [0.29, 0.717) is 30.3 Å². The second kappa shape index (κ2) is 8.42. The van der Waals surface area contributed by atoms with Gasteiger partial charge in [0, 0.05) is 5.56 Å². The Morgan fingerprint density at radius 3 is 2.32 bits per heavy atom. The Kier molecular flexibility index (Phi) is 6.28. The van der Waals surface area contributed by atoms with Crippen LogP contribution in [-0.2, 0) is 5.41 Å². The van der Waals surface area contributed by atoms with Crippen LogP contribution in [0.5, 0.6) is 17.2 Å². The highest BCUT2D eigenvalue weighted by Gasteiger charge is 2.18. The van der Waals surface area contributed by atoms with Crippen LogP contribution in [0.3, 0.4) is 0 Å². The molecule has 25 heavy (non-hydrogen) atoms. The molecule has 5 nitrogen and oxygen atoms in total. The maximum absolute atomic E-state index is 8.78. The van der Waals surface area contributed by atoms with E-state index in [4.69, 9.17) is 19.4 Å². The molecule has 2 rings (SSSR count). The average molecular weight is 343 g/mol. The second-order valence-corrected chi connectivity index (χ2v) is 6.57. The fourth-order valence-electron chi connectivity index (χ4n) is 2.52. The van der Waals surface area contributed by atoms with Gasteiger partial charge in [-0.25, -0.2) is 0 Å². The number of benzene rings is 2. The molecule has 1 N–H and O–H groups in total. The zero-order valence-electron chi connectivity index (χ0n) is 15.2. The fourth-order valence-corrected chi connectivity index (χ4v) is 2.52. The quantitative estimate of drug-likeness (QED) is 0.353. The van der Waals surface area contributed by atoms with Crippen LogP contribution in [0, 0.1) is 0 Å². The molecule has 0 bridgehead atoms. The molecule has 0 aliphatic heterocycles. The molecule has 0 saturated carbocycles. The molecule has 0 aromatic heterocycles. The monoisotopic (exact) mass is 343 g/mol. The van der Waals surface area contributed by atoms with E-state index in [0.717, 1.165) is 11.3 Å². The van der Waals surface area contributed by atoms with E-state index in [2.05, 4.69) is 32.0 Å². The first kappa shape index (κ1) is 18.6. The van der Waals surface area contributed by atoms with Gasteiger partial charge in [0.1, 0.15) is 19.0 Å². The molecular formula is C20H25NO4. The Bertz CT molecular complexity index is 720. The summed E-state index contributed by atoms with van der Waals surface area (Å²) in [6.45, 7) is 7.19. The van der Waals surface area contributed by atoms with Gasteiger partial charge in [0.25, 0.3) is 0 Å². The van der Waals surface area contributed by atoms with Crippen molar-refractivity contribution in [1.29, 1.82) is 0 Å². The molecule has 0 aliphatic carbocycles.